The van der Waals surface area contributed by atoms with Crippen molar-refractivity contribution in [1.29, 1.82) is 0 Å². The molecule has 0 saturated heterocycles. The van der Waals surface area contributed by atoms with Gasteiger partial charge in [0, 0.05) is 0 Å². The van der Waals surface area contributed by atoms with Crippen LogP contribution in [0.5, 0.6) is 0 Å². The first-order chi connectivity index (χ1) is 6.35. The first-order valence-electron chi connectivity index (χ1n) is 5.19. The molecule has 0 N–H and O–H groups in total. The summed E-state index contributed by atoms with van der Waals surface area (Å²) in [5, 5.41) is 0. The van der Waals surface area contributed by atoms with Crippen molar-refractivity contribution >= 4 is 35.3 Å². The van der Waals surface area contributed by atoms with Crippen LogP contribution in [0.2, 0.25) is 0 Å². The van der Waals surface area contributed by atoms with Crippen molar-refractivity contribution in [3.8, 4) is 0 Å². The lowest BCUT2D eigenvalue weighted by Crippen LogP contribution is -1.95. The molecule has 0 radical (unpaired) electrons. The second-order valence-electron chi connectivity index (χ2n) is 2.90. The molecule has 0 spiro atoms. The summed E-state index contributed by atoms with van der Waals surface area (Å²) in [7, 11) is 0. The molecule has 0 amide bonds. The summed E-state index contributed by atoms with van der Waals surface area (Å²) in [4.78, 5) is 0. The molecule has 0 aliphatic carbocycles. The fourth-order valence-corrected chi connectivity index (χ4v) is 4.96. The van der Waals surface area contributed by atoms with Gasteiger partial charge in [0.1, 0.15) is 0 Å². The van der Waals surface area contributed by atoms with E-state index in [4.69, 9.17) is 0 Å². The molecule has 0 rings (SSSR count). The van der Waals surface area contributed by atoms with Crippen LogP contribution in [-0.2, 0) is 0 Å². The molecular weight excluding hydrogens is 216 g/mol. The lowest BCUT2D eigenvalue weighted by Gasteiger charge is -2.14. The van der Waals surface area contributed by atoms with E-state index in [2.05, 4.69) is 56.1 Å². The van der Waals surface area contributed by atoms with Crippen LogP contribution >= 0.6 is 35.3 Å². The summed E-state index contributed by atoms with van der Waals surface area (Å²) < 4.78 is 0.792. The van der Waals surface area contributed by atoms with Gasteiger partial charge in [-0.25, -0.2) is 0 Å². The minimum atomic E-state index is 0.792. The third kappa shape index (κ3) is 9.36. The van der Waals surface area contributed by atoms with E-state index < -0.39 is 0 Å². The van der Waals surface area contributed by atoms with Crippen LogP contribution < -0.4 is 0 Å². The first kappa shape index (κ1) is 14.1. The highest BCUT2D eigenvalue weighted by Crippen LogP contribution is 2.34. The Bertz CT molecular complexity index is 77.2. The van der Waals surface area contributed by atoms with Crippen LogP contribution in [0.15, 0.2) is 0 Å². The topological polar surface area (TPSA) is 0 Å². The number of hydrogen-bond acceptors (Lipinski definition) is 3. The van der Waals surface area contributed by atoms with E-state index in [0.717, 1.165) is 3.91 Å². The Morgan fingerprint density at radius 3 is 1.23 bits per heavy atom. The van der Waals surface area contributed by atoms with Gasteiger partial charge in [-0.15, -0.1) is 35.3 Å². The lowest BCUT2D eigenvalue weighted by molar-refractivity contribution is 1.10. The molecule has 0 aromatic rings. The predicted molar refractivity (Wildman–Crippen MR) is 72.0 cm³/mol. The lowest BCUT2D eigenvalue weighted by atomic mass is 10.6. The third-order valence-corrected chi connectivity index (χ3v) is 6.57. The van der Waals surface area contributed by atoms with Crippen LogP contribution in [0, 0.1) is 0 Å². The molecule has 0 bridgehead atoms. The highest BCUT2D eigenvalue weighted by Gasteiger charge is 2.07. The highest BCUT2D eigenvalue weighted by atomic mass is 32.3. The molecular formula is C10H22S3. The number of rotatable bonds is 9. The zero-order chi connectivity index (χ0) is 9.94. The molecule has 0 aliphatic rings. The monoisotopic (exact) mass is 238 g/mol. The molecule has 0 unspecified atom stereocenters. The van der Waals surface area contributed by atoms with Gasteiger partial charge in [-0.3, -0.25) is 0 Å². The van der Waals surface area contributed by atoms with Gasteiger partial charge >= 0.3 is 0 Å². The van der Waals surface area contributed by atoms with Gasteiger partial charge in [-0.05, 0) is 36.5 Å². The standard InChI is InChI=1S/C10H22S3/c1-4-7-11-10(12-8-5-2)13-9-6-3/h10H,4-9H2,1-3H3. The molecule has 0 heterocycles. The van der Waals surface area contributed by atoms with E-state index in [-0.39, 0.29) is 0 Å². The van der Waals surface area contributed by atoms with E-state index in [9.17, 15) is 0 Å². The average molecular weight is 238 g/mol. The van der Waals surface area contributed by atoms with Crippen molar-refractivity contribution < 1.29 is 0 Å². The molecule has 0 atom stereocenters. The maximum absolute atomic E-state index is 2.26. The van der Waals surface area contributed by atoms with E-state index in [1.807, 2.05) is 0 Å². The molecule has 80 valence electrons. The molecule has 13 heavy (non-hydrogen) atoms. The molecule has 0 aromatic heterocycles. The molecule has 0 fully saturated rings. The summed E-state index contributed by atoms with van der Waals surface area (Å²) in [5.74, 6) is 3.95. The first-order valence-corrected chi connectivity index (χ1v) is 8.34. The van der Waals surface area contributed by atoms with Crippen molar-refractivity contribution in [2.45, 2.75) is 43.9 Å². The SMILES string of the molecule is CCCSC(SCCC)SCCC. The smallest absolute Gasteiger partial charge is 0.0955 e. The average Bonchev–Trinajstić information content (AvgIpc) is 2.17. The Balaban J connectivity index is 3.47. The van der Waals surface area contributed by atoms with Gasteiger partial charge in [0.05, 0.1) is 3.91 Å². The Kier molecular flexibility index (Phi) is 12.0. The van der Waals surface area contributed by atoms with Gasteiger partial charge in [-0.2, -0.15) is 0 Å². The van der Waals surface area contributed by atoms with Gasteiger partial charge in [0.25, 0.3) is 0 Å². The van der Waals surface area contributed by atoms with Crippen molar-refractivity contribution in [2.24, 2.45) is 0 Å². The molecule has 3 heteroatoms. The summed E-state index contributed by atoms with van der Waals surface area (Å²) >= 11 is 6.38. The normalized spacial score (nSPS) is 11.1. The zero-order valence-corrected chi connectivity index (χ0v) is 11.5. The largest absolute Gasteiger partial charge is 0.137 e. The van der Waals surface area contributed by atoms with Crippen molar-refractivity contribution in [3.05, 3.63) is 0 Å². The maximum Gasteiger partial charge on any atom is 0.0955 e. The summed E-state index contributed by atoms with van der Waals surface area (Å²) in [5.41, 5.74) is 0. The molecule has 0 aromatic carbocycles. The van der Waals surface area contributed by atoms with Crippen molar-refractivity contribution in [1.82, 2.24) is 0 Å². The molecule has 0 aliphatic heterocycles. The van der Waals surface area contributed by atoms with Crippen LogP contribution in [0.4, 0.5) is 0 Å². The third-order valence-electron chi connectivity index (χ3n) is 1.37. The predicted octanol–water partition coefficient (Wildman–Crippen LogP) is 4.70. The van der Waals surface area contributed by atoms with Gasteiger partial charge < -0.3 is 0 Å². The van der Waals surface area contributed by atoms with E-state index in [0.29, 0.717) is 0 Å². The Hall–Kier alpha value is 1.05. The summed E-state index contributed by atoms with van der Waals surface area (Å²) in [6, 6.07) is 0. The molecule has 0 nitrogen and oxygen atoms in total. The quantitative estimate of drug-likeness (QED) is 0.534. The van der Waals surface area contributed by atoms with Gasteiger partial charge in [0.2, 0.25) is 0 Å². The van der Waals surface area contributed by atoms with Gasteiger partial charge in [-0.1, -0.05) is 20.8 Å². The summed E-state index contributed by atoms with van der Waals surface area (Å²) in [6.45, 7) is 6.79. The Labute approximate surface area is 96.4 Å². The number of thioether (sulfide) groups is 3. The van der Waals surface area contributed by atoms with Crippen LogP contribution in [0.3, 0.4) is 0 Å². The van der Waals surface area contributed by atoms with E-state index in [1.54, 1.807) is 0 Å². The van der Waals surface area contributed by atoms with Crippen LogP contribution in [0.1, 0.15) is 40.0 Å². The van der Waals surface area contributed by atoms with Crippen molar-refractivity contribution in [3.63, 3.8) is 0 Å². The van der Waals surface area contributed by atoms with E-state index >= 15 is 0 Å². The van der Waals surface area contributed by atoms with Crippen LogP contribution in [-0.4, -0.2) is 21.2 Å². The second kappa shape index (κ2) is 11.1. The molecule has 0 saturated carbocycles. The number of hydrogen-bond donors (Lipinski definition) is 0. The summed E-state index contributed by atoms with van der Waals surface area (Å²) in [6.07, 6.45) is 3.92. The fourth-order valence-electron chi connectivity index (χ4n) is 0.787. The zero-order valence-electron chi connectivity index (χ0n) is 9.04. The Morgan fingerprint density at radius 1 is 0.692 bits per heavy atom. The van der Waals surface area contributed by atoms with E-state index in [1.165, 1.54) is 36.5 Å². The minimum absolute atomic E-state index is 0.792. The minimum Gasteiger partial charge on any atom is -0.137 e. The Morgan fingerprint density at radius 2 is 1.00 bits per heavy atom. The second-order valence-corrected chi connectivity index (χ2v) is 7.44. The van der Waals surface area contributed by atoms with Gasteiger partial charge in [0.15, 0.2) is 0 Å². The highest BCUT2D eigenvalue weighted by molar-refractivity contribution is 8.32. The fraction of sp³-hybridized carbons (Fsp3) is 1.00. The maximum atomic E-state index is 2.26. The van der Waals surface area contributed by atoms with Crippen LogP contribution in [0.25, 0.3) is 0 Å². The van der Waals surface area contributed by atoms with Crippen molar-refractivity contribution in [2.75, 3.05) is 17.3 Å².